The molecule has 0 aliphatic carbocycles. The molecule has 16 heavy (non-hydrogen) atoms. The van der Waals surface area contributed by atoms with Gasteiger partial charge >= 0.3 is 0 Å². The SMILES string of the molecule is CCCCCCOC(=S)Nc1ccccc1. The van der Waals surface area contributed by atoms with Crippen molar-refractivity contribution in [2.75, 3.05) is 11.9 Å². The van der Waals surface area contributed by atoms with E-state index < -0.39 is 0 Å². The minimum atomic E-state index is 0.461. The smallest absolute Gasteiger partial charge is 0.261 e. The van der Waals surface area contributed by atoms with Gasteiger partial charge in [-0.3, -0.25) is 0 Å². The number of para-hydroxylation sites is 1. The lowest BCUT2D eigenvalue weighted by Crippen LogP contribution is -2.13. The summed E-state index contributed by atoms with van der Waals surface area (Å²) in [5.74, 6) is 0. The fourth-order valence-corrected chi connectivity index (χ4v) is 1.57. The van der Waals surface area contributed by atoms with Gasteiger partial charge in [0.2, 0.25) is 0 Å². The zero-order chi connectivity index (χ0) is 11.6. The maximum atomic E-state index is 5.41. The zero-order valence-electron chi connectivity index (χ0n) is 9.74. The number of rotatable bonds is 6. The molecule has 3 heteroatoms. The molecule has 0 amide bonds. The van der Waals surface area contributed by atoms with Gasteiger partial charge in [-0.2, -0.15) is 0 Å². The first-order valence-corrected chi connectivity index (χ1v) is 6.22. The average Bonchev–Trinajstić information content (AvgIpc) is 2.30. The van der Waals surface area contributed by atoms with Crippen molar-refractivity contribution in [1.82, 2.24) is 0 Å². The Morgan fingerprint density at radius 1 is 1.19 bits per heavy atom. The van der Waals surface area contributed by atoms with Gasteiger partial charge in [0.1, 0.15) is 0 Å². The number of nitrogens with one attached hydrogen (secondary N) is 1. The van der Waals surface area contributed by atoms with Crippen LogP contribution in [0.4, 0.5) is 5.69 Å². The van der Waals surface area contributed by atoms with Crippen molar-refractivity contribution in [1.29, 1.82) is 0 Å². The van der Waals surface area contributed by atoms with Crippen molar-refractivity contribution in [2.24, 2.45) is 0 Å². The third-order valence-electron chi connectivity index (χ3n) is 2.25. The Labute approximate surface area is 103 Å². The molecule has 0 unspecified atom stereocenters. The minimum Gasteiger partial charge on any atom is -0.471 e. The van der Waals surface area contributed by atoms with Crippen LogP contribution in [0.25, 0.3) is 0 Å². The highest BCUT2D eigenvalue weighted by molar-refractivity contribution is 7.80. The second kappa shape index (κ2) is 8.11. The van der Waals surface area contributed by atoms with E-state index in [-0.39, 0.29) is 0 Å². The lowest BCUT2D eigenvalue weighted by Gasteiger charge is -2.09. The van der Waals surface area contributed by atoms with Gasteiger partial charge in [-0.15, -0.1) is 0 Å². The molecular weight excluding hydrogens is 218 g/mol. The van der Waals surface area contributed by atoms with Gasteiger partial charge in [-0.05, 0) is 30.8 Å². The molecule has 1 aromatic rings. The number of benzene rings is 1. The number of hydrogen-bond acceptors (Lipinski definition) is 2. The molecule has 88 valence electrons. The fourth-order valence-electron chi connectivity index (χ4n) is 1.37. The highest BCUT2D eigenvalue weighted by Crippen LogP contribution is 2.06. The van der Waals surface area contributed by atoms with Crippen LogP contribution in [0.5, 0.6) is 0 Å². The molecule has 0 aliphatic heterocycles. The van der Waals surface area contributed by atoms with Crippen LogP contribution in [0.3, 0.4) is 0 Å². The number of unbranched alkanes of at least 4 members (excludes halogenated alkanes) is 3. The molecule has 0 heterocycles. The second-order valence-corrected chi connectivity index (χ2v) is 4.06. The first kappa shape index (κ1) is 13.0. The average molecular weight is 237 g/mol. The summed E-state index contributed by atoms with van der Waals surface area (Å²) in [7, 11) is 0. The van der Waals surface area contributed by atoms with Crippen LogP contribution in [0, 0.1) is 0 Å². The molecule has 0 saturated carbocycles. The summed E-state index contributed by atoms with van der Waals surface area (Å²) in [5.41, 5.74) is 0.973. The first-order chi connectivity index (χ1) is 7.83. The van der Waals surface area contributed by atoms with E-state index in [2.05, 4.69) is 12.2 Å². The molecule has 0 aliphatic rings. The Morgan fingerprint density at radius 3 is 2.62 bits per heavy atom. The summed E-state index contributed by atoms with van der Waals surface area (Å²) in [6.45, 7) is 2.90. The van der Waals surface area contributed by atoms with E-state index in [4.69, 9.17) is 17.0 Å². The number of hydrogen-bond donors (Lipinski definition) is 1. The highest BCUT2D eigenvalue weighted by atomic mass is 32.1. The maximum absolute atomic E-state index is 5.41. The van der Waals surface area contributed by atoms with Gasteiger partial charge in [-0.1, -0.05) is 44.4 Å². The zero-order valence-corrected chi connectivity index (χ0v) is 10.6. The molecule has 0 aromatic heterocycles. The molecule has 0 bridgehead atoms. The van der Waals surface area contributed by atoms with Gasteiger partial charge in [0.05, 0.1) is 6.61 Å². The third-order valence-corrected chi connectivity index (χ3v) is 2.47. The number of ether oxygens (including phenoxy) is 1. The molecule has 0 radical (unpaired) electrons. The maximum Gasteiger partial charge on any atom is 0.261 e. The summed E-state index contributed by atoms with van der Waals surface area (Å²) >= 11 is 5.08. The molecule has 2 nitrogen and oxygen atoms in total. The van der Waals surface area contributed by atoms with E-state index in [9.17, 15) is 0 Å². The summed E-state index contributed by atoms with van der Waals surface area (Å²) < 4.78 is 5.41. The van der Waals surface area contributed by atoms with Crippen LogP contribution in [0.2, 0.25) is 0 Å². The van der Waals surface area contributed by atoms with E-state index in [1.54, 1.807) is 0 Å². The Balaban J connectivity index is 2.12. The van der Waals surface area contributed by atoms with E-state index in [0.717, 1.165) is 12.1 Å². The van der Waals surface area contributed by atoms with Crippen LogP contribution in [0.1, 0.15) is 32.6 Å². The van der Waals surface area contributed by atoms with E-state index in [1.807, 2.05) is 30.3 Å². The van der Waals surface area contributed by atoms with Crippen molar-refractivity contribution in [3.05, 3.63) is 30.3 Å². The van der Waals surface area contributed by atoms with Crippen LogP contribution in [-0.4, -0.2) is 11.8 Å². The molecule has 0 spiro atoms. The molecular formula is C13H19NOS. The van der Waals surface area contributed by atoms with Gasteiger partial charge in [0.15, 0.2) is 0 Å². The van der Waals surface area contributed by atoms with E-state index >= 15 is 0 Å². The van der Waals surface area contributed by atoms with Crippen LogP contribution < -0.4 is 5.32 Å². The van der Waals surface area contributed by atoms with Crippen molar-refractivity contribution < 1.29 is 4.74 Å². The largest absolute Gasteiger partial charge is 0.471 e. The van der Waals surface area contributed by atoms with Crippen LogP contribution >= 0.6 is 12.2 Å². The third kappa shape index (κ3) is 5.71. The van der Waals surface area contributed by atoms with Gasteiger partial charge < -0.3 is 10.1 Å². The summed E-state index contributed by atoms with van der Waals surface area (Å²) in [5, 5.41) is 3.50. The predicted molar refractivity (Wildman–Crippen MR) is 72.8 cm³/mol. The van der Waals surface area contributed by atoms with Gasteiger partial charge in [0, 0.05) is 5.69 Å². The quantitative estimate of drug-likeness (QED) is 0.597. The Hall–Kier alpha value is -1.09. The van der Waals surface area contributed by atoms with Crippen molar-refractivity contribution >= 4 is 23.1 Å². The van der Waals surface area contributed by atoms with E-state index in [1.165, 1.54) is 19.3 Å². The van der Waals surface area contributed by atoms with Crippen LogP contribution in [-0.2, 0) is 4.74 Å². The Bertz CT molecular complexity index is 300. The fraction of sp³-hybridized carbons (Fsp3) is 0.462. The Morgan fingerprint density at radius 2 is 1.94 bits per heavy atom. The van der Waals surface area contributed by atoms with Gasteiger partial charge in [-0.25, -0.2) is 0 Å². The summed E-state index contributed by atoms with van der Waals surface area (Å²) in [4.78, 5) is 0. The lowest BCUT2D eigenvalue weighted by molar-refractivity contribution is 0.299. The van der Waals surface area contributed by atoms with Crippen molar-refractivity contribution in [2.45, 2.75) is 32.6 Å². The standard InChI is InChI=1S/C13H19NOS/c1-2-3-4-8-11-15-13(16)14-12-9-6-5-7-10-12/h5-7,9-10H,2-4,8,11H2,1H3,(H,14,16). The lowest BCUT2D eigenvalue weighted by atomic mass is 10.2. The monoisotopic (exact) mass is 237 g/mol. The summed E-state index contributed by atoms with van der Waals surface area (Å²) in [6.07, 6.45) is 4.80. The van der Waals surface area contributed by atoms with Crippen molar-refractivity contribution in [3.8, 4) is 0 Å². The number of anilines is 1. The molecule has 1 aromatic carbocycles. The normalized spacial score (nSPS) is 9.81. The first-order valence-electron chi connectivity index (χ1n) is 5.81. The topological polar surface area (TPSA) is 21.3 Å². The molecule has 1 rings (SSSR count). The molecule has 1 N–H and O–H groups in total. The van der Waals surface area contributed by atoms with Gasteiger partial charge in [0.25, 0.3) is 5.17 Å². The molecule has 0 fully saturated rings. The van der Waals surface area contributed by atoms with Crippen molar-refractivity contribution in [3.63, 3.8) is 0 Å². The second-order valence-electron chi connectivity index (χ2n) is 3.69. The minimum absolute atomic E-state index is 0.461. The number of thiocarbonyl (C=S) groups is 1. The van der Waals surface area contributed by atoms with Crippen LogP contribution in [0.15, 0.2) is 30.3 Å². The Kier molecular flexibility index (Phi) is 6.58. The predicted octanol–water partition coefficient (Wildman–Crippen LogP) is 3.98. The summed E-state index contributed by atoms with van der Waals surface area (Å²) in [6, 6.07) is 9.83. The molecule has 0 atom stereocenters. The molecule has 0 saturated heterocycles. The van der Waals surface area contributed by atoms with E-state index in [0.29, 0.717) is 11.8 Å². The highest BCUT2D eigenvalue weighted by Gasteiger charge is 1.97.